The topological polar surface area (TPSA) is 58.6 Å². The summed E-state index contributed by atoms with van der Waals surface area (Å²) in [6.07, 6.45) is 1.68. The number of hydrogen-bond acceptors (Lipinski definition) is 3. The maximum Gasteiger partial charge on any atom is 0.251 e. The van der Waals surface area contributed by atoms with E-state index >= 15 is 0 Å². The van der Waals surface area contributed by atoms with E-state index in [-0.39, 0.29) is 17.9 Å². The molecule has 3 rings (SSSR count). The Kier molecular flexibility index (Phi) is 6.24. The van der Waals surface area contributed by atoms with Gasteiger partial charge in [0.05, 0.1) is 12.7 Å². The summed E-state index contributed by atoms with van der Waals surface area (Å²) < 4.78 is 5.62. The van der Waals surface area contributed by atoms with Gasteiger partial charge in [-0.25, -0.2) is 0 Å². The molecule has 2 aromatic rings. The predicted molar refractivity (Wildman–Crippen MR) is 106 cm³/mol. The summed E-state index contributed by atoms with van der Waals surface area (Å²) in [5.41, 5.74) is 3.57. The Hall–Kier alpha value is -2.66. The van der Waals surface area contributed by atoms with Gasteiger partial charge in [0.15, 0.2) is 0 Å². The number of anilines is 1. The molecule has 1 heterocycles. The van der Waals surface area contributed by atoms with Gasteiger partial charge in [-0.05, 0) is 55.7 Å². The lowest BCUT2D eigenvalue weighted by Crippen LogP contribution is -2.25. The lowest BCUT2D eigenvalue weighted by atomic mass is 10.1. The molecular formula is C22H26N2O3. The van der Waals surface area contributed by atoms with Crippen LogP contribution in [0.3, 0.4) is 0 Å². The minimum Gasteiger partial charge on any atom is -0.374 e. The van der Waals surface area contributed by atoms with Crippen LogP contribution >= 0.6 is 0 Å². The van der Waals surface area contributed by atoms with Crippen LogP contribution in [0, 0.1) is 0 Å². The summed E-state index contributed by atoms with van der Waals surface area (Å²) in [6.45, 7) is 5.79. The molecule has 0 radical (unpaired) electrons. The van der Waals surface area contributed by atoms with Gasteiger partial charge in [-0.15, -0.1) is 0 Å². The second-order valence-corrected chi connectivity index (χ2v) is 7.06. The number of carbonyl (C=O) groups excluding carboxylic acids is 2. The van der Waals surface area contributed by atoms with Crippen LogP contribution in [0.1, 0.15) is 48.2 Å². The summed E-state index contributed by atoms with van der Waals surface area (Å²) in [4.78, 5) is 26.0. The van der Waals surface area contributed by atoms with Crippen molar-refractivity contribution in [3.63, 3.8) is 0 Å². The number of carbonyl (C=O) groups is 2. The Morgan fingerprint density at radius 2 is 1.89 bits per heavy atom. The number of hydrogen-bond donors (Lipinski definition) is 1. The first-order valence-electron chi connectivity index (χ1n) is 9.41. The fourth-order valence-electron chi connectivity index (χ4n) is 3.09. The van der Waals surface area contributed by atoms with E-state index in [1.165, 1.54) is 0 Å². The molecule has 142 valence electrons. The SMILES string of the molecule is CC(C)OCc1cccc(CNC(=O)c2ccc(N3CCCC3=O)cc2)c1. The Balaban J connectivity index is 1.56. The molecule has 0 unspecified atom stereocenters. The average Bonchev–Trinajstić information content (AvgIpc) is 3.11. The molecule has 0 spiro atoms. The van der Waals surface area contributed by atoms with Crippen molar-refractivity contribution < 1.29 is 14.3 Å². The van der Waals surface area contributed by atoms with E-state index in [1.807, 2.05) is 50.2 Å². The van der Waals surface area contributed by atoms with Crippen LogP contribution in [0.5, 0.6) is 0 Å². The third-order valence-electron chi connectivity index (χ3n) is 4.54. The Morgan fingerprint density at radius 3 is 2.56 bits per heavy atom. The minimum atomic E-state index is -0.127. The maximum atomic E-state index is 12.4. The largest absolute Gasteiger partial charge is 0.374 e. The van der Waals surface area contributed by atoms with E-state index in [1.54, 1.807) is 17.0 Å². The highest BCUT2D eigenvalue weighted by atomic mass is 16.5. The molecule has 1 N–H and O–H groups in total. The first-order chi connectivity index (χ1) is 13.0. The quantitative estimate of drug-likeness (QED) is 0.813. The molecular weight excluding hydrogens is 340 g/mol. The molecule has 1 aliphatic heterocycles. The Morgan fingerprint density at radius 1 is 1.15 bits per heavy atom. The zero-order chi connectivity index (χ0) is 19.2. The summed E-state index contributed by atoms with van der Waals surface area (Å²) in [5.74, 6) is 0.0201. The van der Waals surface area contributed by atoms with Crippen LogP contribution in [-0.2, 0) is 22.7 Å². The summed E-state index contributed by atoms with van der Waals surface area (Å²) in [6, 6.07) is 15.2. The van der Waals surface area contributed by atoms with Gasteiger partial charge in [-0.1, -0.05) is 24.3 Å². The summed E-state index contributed by atoms with van der Waals surface area (Å²) >= 11 is 0. The molecule has 1 aliphatic rings. The normalized spacial score (nSPS) is 14.0. The van der Waals surface area contributed by atoms with Crippen LogP contribution < -0.4 is 10.2 Å². The summed E-state index contributed by atoms with van der Waals surface area (Å²) in [5, 5.41) is 2.94. The molecule has 5 nitrogen and oxygen atoms in total. The molecule has 1 saturated heterocycles. The third-order valence-corrected chi connectivity index (χ3v) is 4.54. The molecule has 0 aromatic heterocycles. The van der Waals surface area contributed by atoms with Crippen LogP contribution in [0.25, 0.3) is 0 Å². The zero-order valence-electron chi connectivity index (χ0n) is 15.9. The summed E-state index contributed by atoms with van der Waals surface area (Å²) in [7, 11) is 0. The van der Waals surface area contributed by atoms with Gasteiger partial charge in [0.25, 0.3) is 5.91 Å². The van der Waals surface area contributed by atoms with E-state index in [9.17, 15) is 9.59 Å². The van der Waals surface area contributed by atoms with Gasteiger partial charge in [0.2, 0.25) is 5.91 Å². The number of rotatable bonds is 7. The number of nitrogens with zero attached hydrogens (tertiary/aromatic N) is 1. The maximum absolute atomic E-state index is 12.4. The molecule has 0 atom stereocenters. The Labute approximate surface area is 160 Å². The molecule has 5 heteroatoms. The van der Waals surface area contributed by atoms with E-state index in [4.69, 9.17) is 4.74 Å². The van der Waals surface area contributed by atoms with Crippen molar-refractivity contribution in [2.45, 2.75) is 45.9 Å². The molecule has 1 fully saturated rings. The van der Waals surface area contributed by atoms with Crippen LogP contribution in [0.2, 0.25) is 0 Å². The number of amides is 2. The van der Waals surface area contributed by atoms with Crippen LogP contribution in [0.15, 0.2) is 48.5 Å². The van der Waals surface area contributed by atoms with Crippen molar-refractivity contribution in [1.29, 1.82) is 0 Å². The van der Waals surface area contributed by atoms with E-state index in [2.05, 4.69) is 5.32 Å². The van der Waals surface area contributed by atoms with Gasteiger partial charge in [-0.3, -0.25) is 9.59 Å². The van der Waals surface area contributed by atoms with Gasteiger partial charge in [0.1, 0.15) is 0 Å². The number of benzene rings is 2. The lowest BCUT2D eigenvalue weighted by molar-refractivity contribution is -0.117. The van der Waals surface area contributed by atoms with Gasteiger partial charge in [-0.2, -0.15) is 0 Å². The first-order valence-corrected chi connectivity index (χ1v) is 9.41. The second-order valence-electron chi connectivity index (χ2n) is 7.06. The smallest absolute Gasteiger partial charge is 0.251 e. The number of ether oxygens (including phenoxy) is 1. The monoisotopic (exact) mass is 366 g/mol. The lowest BCUT2D eigenvalue weighted by Gasteiger charge is -2.16. The zero-order valence-corrected chi connectivity index (χ0v) is 15.9. The molecule has 2 aromatic carbocycles. The van der Waals surface area contributed by atoms with Crippen LogP contribution in [0.4, 0.5) is 5.69 Å². The Bertz CT molecular complexity index is 799. The molecule has 0 aliphatic carbocycles. The first kappa shape index (κ1) is 19.1. The standard InChI is InChI=1S/C22H26N2O3/c1-16(2)27-15-18-6-3-5-17(13-18)14-23-22(26)19-8-10-20(11-9-19)24-12-4-7-21(24)25/h3,5-6,8-11,13,16H,4,7,12,14-15H2,1-2H3,(H,23,26). The highest BCUT2D eigenvalue weighted by molar-refractivity contribution is 5.97. The van der Waals surface area contributed by atoms with E-state index in [0.29, 0.717) is 25.1 Å². The molecule has 2 amide bonds. The predicted octanol–water partition coefficient (Wildman–Crippen LogP) is 3.67. The van der Waals surface area contributed by atoms with Crippen LogP contribution in [-0.4, -0.2) is 24.5 Å². The fraction of sp³-hybridized carbons (Fsp3) is 0.364. The molecule has 27 heavy (non-hydrogen) atoms. The fourth-order valence-corrected chi connectivity index (χ4v) is 3.09. The van der Waals surface area contributed by atoms with Crippen molar-refractivity contribution in [2.75, 3.05) is 11.4 Å². The second kappa shape index (κ2) is 8.82. The minimum absolute atomic E-state index is 0.127. The van der Waals surface area contributed by atoms with Crippen molar-refractivity contribution >= 4 is 17.5 Å². The van der Waals surface area contributed by atoms with Crippen molar-refractivity contribution in [1.82, 2.24) is 5.32 Å². The molecule has 0 saturated carbocycles. The third kappa shape index (κ3) is 5.17. The van der Waals surface area contributed by atoms with Crippen molar-refractivity contribution in [3.05, 3.63) is 65.2 Å². The van der Waals surface area contributed by atoms with Gasteiger partial charge in [0, 0.05) is 30.8 Å². The highest BCUT2D eigenvalue weighted by Crippen LogP contribution is 2.21. The van der Waals surface area contributed by atoms with Crippen molar-refractivity contribution in [3.8, 4) is 0 Å². The van der Waals surface area contributed by atoms with Gasteiger partial charge < -0.3 is 15.0 Å². The van der Waals surface area contributed by atoms with Gasteiger partial charge >= 0.3 is 0 Å². The average molecular weight is 366 g/mol. The number of nitrogens with one attached hydrogen (secondary N) is 1. The molecule has 0 bridgehead atoms. The van der Waals surface area contributed by atoms with E-state index < -0.39 is 0 Å². The van der Waals surface area contributed by atoms with E-state index in [0.717, 1.165) is 29.8 Å². The highest BCUT2D eigenvalue weighted by Gasteiger charge is 2.21. The van der Waals surface area contributed by atoms with Crippen molar-refractivity contribution in [2.24, 2.45) is 0 Å².